The van der Waals surface area contributed by atoms with Crippen molar-refractivity contribution in [1.29, 1.82) is 10.5 Å². The second kappa shape index (κ2) is 8.19. The maximum absolute atomic E-state index is 11.8. The number of hydrogen-bond donors (Lipinski definition) is 1. The van der Waals surface area contributed by atoms with E-state index in [-0.39, 0.29) is 11.6 Å². The van der Waals surface area contributed by atoms with Crippen LogP contribution in [0.25, 0.3) is 0 Å². The zero-order valence-corrected chi connectivity index (χ0v) is 14.0. The van der Waals surface area contributed by atoms with Crippen LogP contribution in [0.4, 0.5) is 11.4 Å². The molecule has 0 saturated carbocycles. The third-order valence-corrected chi connectivity index (χ3v) is 3.97. The molecule has 8 heteroatoms. The fourth-order valence-electron chi connectivity index (χ4n) is 2.49. The van der Waals surface area contributed by atoms with Gasteiger partial charge in [0.1, 0.15) is 12.1 Å². The monoisotopic (exact) mass is 344 g/mol. The minimum atomic E-state index is -0.265. The van der Waals surface area contributed by atoms with Crippen LogP contribution in [0.2, 0.25) is 5.02 Å². The number of halogens is 1. The van der Waals surface area contributed by atoms with Crippen molar-refractivity contribution >= 4 is 34.6 Å². The van der Waals surface area contributed by atoms with Gasteiger partial charge in [-0.2, -0.15) is 15.6 Å². The molecule has 1 aliphatic rings. The summed E-state index contributed by atoms with van der Waals surface area (Å²) in [5.41, 5.74) is 3.94. The number of hydrogen-bond acceptors (Lipinski definition) is 6. The maximum Gasteiger partial charge on any atom is 0.237 e. The molecule has 0 aliphatic carbocycles. The summed E-state index contributed by atoms with van der Waals surface area (Å²) < 4.78 is 0. The number of carbonyl (C=O) groups excluding carboxylic acids is 1. The standard InChI is InChI=1S/C16H17ClN6O/c1-2-16(24)23-7-5-22(6-8-23)15-4-3-12(17)9-14(15)21-20-13(10-18)11-19/h3-4,9,21H,2,5-8H2,1H3. The molecule has 0 spiro atoms. The van der Waals surface area contributed by atoms with E-state index in [0.717, 1.165) is 5.69 Å². The van der Waals surface area contributed by atoms with Crippen LogP contribution in [0.5, 0.6) is 0 Å². The number of nitrogens with zero attached hydrogens (tertiary/aromatic N) is 5. The van der Waals surface area contributed by atoms with E-state index in [2.05, 4.69) is 15.4 Å². The van der Waals surface area contributed by atoms with Crippen molar-refractivity contribution in [3.05, 3.63) is 23.2 Å². The van der Waals surface area contributed by atoms with Crippen LogP contribution in [0.15, 0.2) is 23.3 Å². The van der Waals surface area contributed by atoms with Crippen LogP contribution in [0.3, 0.4) is 0 Å². The largest absolute Gasteiger partial charge is 0.366 e. The molecule has 7 nitrogen and oxygen atoms in total. The molecule has 1 heterocycles. The van der Waals surface area contributed by atoms with E-state index in [1.165, 1.54) is 0 Å². The lowest BCUT2D eigenvalue weighted by Gasteiger charge is -2.36. The Hall–Kier alpha value is -2.77. The van der Waals surface area contributed by atoms with Gasteiger partial charge in [0, 0.05) is 37.6 Å². The highest BCUT2D eigenvalue weighted by atomic mass is 35.5. The van der Waals surface area contributed by atoms with E-state index in [0.29, 0.717) is 43.3 Å². The minimum Gasteiger partial charge on any atom is -0.366 e. The van der Waals surface area contributed by atoms with Crippen LogP contribution >= 0.6 is 11.6 Å². The normalized spacial score (nSPS) is 13.7. The number of benzene rings is 1. The van der Waals surface area contributed by atoms with Gasteiger partial charge in [0.15, 0.2) is 0 Å². The molecule has 0 unspecified atom stereocenters. The molecule has 1 aromatic rings. The highest BCUT2D eigenvalue weighted by molar-refractivity contribution is 6.31. The Morgan fingerprint density at radius 3 is 2.54 bits per heavy atom. The molecular formula is C16H17ClN6O. The lowest BCUT2D eigenvalue weighted by Crippen LogP contribution is -2.48. The topological polar surface area (TPSA) is 95.5 Å². The van der Waals surface area contributed by atoms with Crippen molar-refractivity contribution in [3.63, 3.8) is 0 Å². The molecule has 2 rings (SSSR count). The van der Waals surface area contributed by atoms with Crippen LogP contribution in [0, 0.1) is 22.7 Å². The summed E-state index contributed by atoms with van der Waals surface area (Å²) in [5.74, 6) is 0.154. The first-order valence-electron chi connectivity index (χ1n) is 7.55. The Kier molecular flexibility index (Phi) is 6.00. The van der Waals surface area contributed by atoms with E-state index in [1.54, 1.807) is 24.3 Å². The first-order valence-corrected chi connectivity index (χ1v) is 7.93. The van der Waals surface area contributed by atoms with Crippen molar-refractivity contribution in [2.75, 3.05) is 36.5 Å². The second-order valence-electron chi connectivity index (χ2n) is 5.18. The molecule has 1 amide bonds. The molecule has 0 aromatic heterocycles. The van der Waals surface area contributed by atoms with Gasteiger partial charge in [0.05, 0.1) is 11.4 Å². The van der Waals surface area contributed by atoms with E-state index < -0.39 is 0 Å². The highest BCUT2D eigenvalue weighted by Crippen LogP contribution is 2.30. The quantitative estimate of drug-likeness (QED) is 0.667. The molecule has 1 N–H and O–H groups in total. The molecule has 0 radical (unpaired) electrons. The molecule has 1 aliphatic heterocycles. The molecule has 1 saturated heterocycles. The van der Waals surface area contributed by atoms with Gasteiger partial charge >= 0.3 is 0 Å². The van der Waals surface area contributed by atoms with Crippen molar-refractivity contribution in [3.8, 4) is 12.1 Å². The highest BCUT2D eigenvalue weighted by Gasteiger charge is 2.21. The van der Waals surface area contributed by atoms with Crippen LogP contribution < -0.4 is 10.3 Å². The first-order chi connectivity index (χ1) is 11.6. The number of carbonyl (C=O) groups is 1. The van der Waals surface area contributed by atoms with Crippen molar-refractivity contribution < 1.29 is 4.79 Å². The average molecular weight is 345 g/mol. The van der Waals surface area contributed by atoms with Gasteiger partial charge in [-0.1, -0.05) is 18.5 Å². The van der Waals surface area contributed by atoms with Gasteiger partial charge in [-0.3, -0.25) is 10.2 Å². The number of nitrogens with one attached hydrogen (secondary N) is 1. The maximum atomic E-state index is 11.8. The number of piperazine rings is 1. The van der Waals surface area contributed by atoms with Gasteiger partial charge in [-0.15, -0.1) is 0 Å². The SMILES string of the molecule is CCC(=O)N1CCN(c2ccc(Cl)cc2NN=C(C#N)C#N)CC1. The van der Waals surface area contributed by atoms with Crippen LogP contribution in [0.1, 0.15) is 13.3 Å². The van der Waals surface area contributed by atoms with E-state index in [4.69, 9.17) is 22.1 Å². The Morgan fingerprint density at radius 1 is 1.29 bits per heavy atom. The summed E-state index contributed by atoms with van der Waals surface area (Å²) in [5, 5.41) is 21.8. The third-order valence-electron chi connectivity index (χ3n) is 3.73. The van der Waals surface area contributed by atoms with Gasteiger partial charge in [0.25, 0.3) is 0 Å². The number of nitriles is 2. The Balaban J connectivity index is 2.17. The zero-order chi connectivity index (χ0) is 17.5. The predicted octanol–water partition coefficient (Wildman–Crippen LogP) is 2.21. The summed E-state index contributed by atoms with van der Waals surface area (Å²) in [7, 11) is 0. The molecule has 0 bridgehead atoms. The Morgan fingerprint density at radius 2 is 1.96 bits per heavy atom. The zero-order valence-electron chi connectivity index (χ0n) is 13.3. The molecule has 1 fully saturated rings. The smallest absolute Gasteiger partial charge is 0.237 e. The predicted molar refractivity (Wildman–Crippen MR) is 92.8 cm³/mol. The molecular weight excluding hydrogens is 328 g/mol. The third kappa shape index (κ3) is 4.15. The van der Waals surface area contributed by atoms with E-state index in [1.807, 2.05) is 17.9 Å². The average Bonchev–Trinajstić information content (AvgIpc) is 2.62. The summed E-state index contributed by atoms with van der Waals surface area (Å²) in [6, 6.07) is 8.71. The van der Waals surface area contributed by atoms with Crippen LogP contribution in [-0.4, -0.2) is 42.7 Å². The van der Waals surface area contributed by atoms with Crippen molar-refractivity contribution in [2.24, 2.45) is 5.10 Å². The Bertz CT molecular complexity index is 709. The Labute approximate surface area is 145 Å². The van der Waals surface area contributed by atoms with E-state index in [9.17, 15) is 4.79 Å². The first kappa shape index (κ1) is 17.6. The number of anilines is 2. The molecule has 1 aromatic carbocycles. The van der Waals surface area contributed by atoms with Gasteiger partial charge in [-0.05, 0) is 18.2 Å². The fraction of sp³-hybridized carbons (Fsp3) is 0.375. The van der Waals surface area contributed by atoms with Gasteiger partial charge < -0.3 is 9.80 Å². The summed E-state index contributed by atoms with van der Waals surface area (Å²) in [4.78, 5) is 15.7. The number of rotatable bonds is 4. The fourth-order valence-corrected chi connectivity index (χ4v) is 2.66. The van der Waals surface area contributed by atoms with Gasteiger partial charge in [0.2, 0.25) is 11.6 Å². The minimum absolute atomic E-state index is 0.154. The van der Waals surface area contributed by atoms with Crippen LogP contribution in [-0.2, 0) is 4.79 Å². The number of amides is 1. The molecule has 124 valence electrons. The summed E-state index contributed by atoms with van der Waals surface area (Å²) in [6.07, 6.45) is 0.508. The summed E-state index contributed by atoms with van der Waals surface area (Å²) in [6.45, 7) is 4.54. The molecule has 0 atom stereocenters. The lowest BCUT2D eigenvalue weighted by atomic mass is 10.2. The van der Waals surface area contributed by atoms with E-state index >= 15 is 0 Å². The van der Waals surface area contributed by atoms with Gasteiger partial charge in [-0.25, -0.2) is 0 Å². The second-order valence-corrected chi connectivity index (χ2v) is 5.62. The van der Waals surface area contributed by atoms with Crippen molar-refractivity contribution in [2.45, 2.75) is 13.3 Å². The van der Waals surface area contributed by atoms with Crippen molar-refractivity contribution in [1.82, 2.24) is 4.90 Å². The molecule has 24 heavy (non-hydrogen) atoms. The lowest BCUT2D eigenvalue weighted by molar-refractivity contribution is -0.131. The number of hydrazone groups is 1. The summed E-state index contributed by atoms with van der Waals surface area (Å²) >= 11 is 6.03.